The molecule has 2 aromatic carbocycles. The van der Waals surface area contributed by atoms with Crippen molar-refractivity contribution in [2.75, 3.05) is 11.9 Å². The van der Waals surface area contributed by atoms with E-state index in [1.165, 1.54) is 0 Å². The van der Waals surface area contributed by atoms with E-state index in [0.717, 1.165) is 4.47 Å². The van der Waals surface area contributed by atoms with Crippen LogP contribution in [0.3, 0.4) is 0 Å². The zero-order valence-electron chi connectivity index (χ0n) is 14.1. The Morgan fingerprint density at radius 3 is 2.50 bits per heavy atom. The Bertz CT molecular complexity index is 811. The number of thiocarbonyl (C=S) groups is 1. The second-order valence-corrected chi connectivity index (χ2v) is 7.99. The van der Waals surface area contributed by atoms with Gasteiger partial charge in [0, 0.05) is 4.47 Å². The standard InChI is InChI=1S/C18H17BrCl2N2O2S/c1-10(2)9-25-15-7-6-11(19)8-12(15)17(24)23-18(26)22-16-13(20)4-3-5-14(16)21/h3-8,10H,9H2,1-2H3,(H2,22,23,24,26). The normalized spacial score (nSPS) is 10.5. The molecule has 0 radical (unpaired) electrons. The van der Waals surface area contributed by atoms with Crippen molar-refractivity contribution in [3.8, 4) is 5.75 Å². The molecule has 0 saturated heterocycles. The summed E-state index contributed by atoms with van der Waals surface area (Å²) < 4.78 is 6.48. The zero-order chi connectivity index (χ0) is 19.3. The number of amides is 1. The van der Waals surface area contributed by atoms with Crippen molar-refractivity contribution >= 4 is 68.1 Å². The third-order valence-electron chi connectivity index (χ3n) is 3.19. The van der Waals surface area contributed by atoms with Crippen LogP contribution in [0, 0.1) is 5.92 Å². The lowest BCUT2D eigenvalue weighted by atomic mass is 10.2. The average Bonchev–Trinajstić information content (AvgIpc) is 2.57. The van der Waals surface area contributed by atoms with E-state index in [-0.39, 0.29) is 5.11 Å². The molecule has 2 N–H and O–H groups in total. The monoisotopic (exact) mass is 474 g/mol. The molecule has 4 nitrogen and oxygen atoms in total. The fourth-order valence-electron chi connectivity index (χ4n) is 1.99. The van der Waals surface area contributed by atoms with Crippen molar-refractivity contribution < 1.29 is 9.53 Å². The predicted molar refractivity (Wildman–Crippen MR) is 115 cm³/mol. The molecule has 0 atom stereocenters. The Hall–Kier alpha value is -1.34. The summed E-state index contributed by atoms with van der Waals surface area (Å²) in [6.07, 6.45) is 0. The minimum atomic E-state index is -0.397. The van der Waals surface area contributed by atoms with E-state index in [2.05, 4.69) is 26.6 Å². The molecule has 2 rings (SSSR count). The van der Waals surface area contributed by atoms with Gasteiger partial charge >= 0.3 is 0 Å². The van der Waals surface area contributed by atoms with E-state index in [4.69, 9.17) is 40.2 Å². The molecular formula is C18H17BrCl2N2O2S. The lowest BCUT2D eigenvalue weighted by molar-refractivity contribution is 0.0973. The van der Waals surface area contributed by atoms with Gasteiger partial charge in [-0.2, -0.15) is 0 Å². The second-order valence-electron chi connectivity index (χ2n) is 5.85. The van der Waals surface area contributed by atoms with Gasteiger partial charge < -0.3 is 10.1 Å². The lowest BCUT2D eigenvalue weighted by Crippen LogP contribution is -2.34. The summed E-state index contributed by atoms with van der Waals surface area (Å²) in [5.74, 6) is 0.420. The molecule has 0 aliphatic heterocycles. The molecule has 0 fully saturated rings. The van der Waals surface area contributed by atoms with Crippen molar-refractivity contribution in [2.45, 2.75) is 13.8 Å². The van der Waals surface area contributed by atoms with E-state index in [1.807, 2.05) is 19.9 Å². The SMILES string of the molecule is CC(C)COc1ccc(Br)cc1C(=O)NC(=S)Nc1c(Cl)cccc1Cl. The highest BCUT2D eigenvalue weighted by Gasteiger charge is 2.16. The van der Waals surface area contributed by atoms with Crippen LogP contribution < -0.4 is 15.4 Å². The summed E-state index contributed by atoms with van der Waals surface area (Å²) >= 11 is 20.8. The van der Waals surface area contributed by atoms with Crippen molar-refractivity contribution in [2.24, 2.45) is 5.92 Å². The van der Waals surface area contributed by atoms with Gasteiger partial charge in [-0.3, -0.25) is 10.1 Å². The van der Waals surface area contributed by atoms with Crippen LogP contribution >= 0.6 is 51.3 Å². The number of carbonyl (C=O) groups excluding carboxylic acids is 1. The number of rotatable bonds is 5. The minimum absolute atomic E-state index is 0.0831. The Kier molecular flexibility index (Phi) is 7.70. The van der Waals surface area contributed by atoms with Crippen LogP contribution in [0.1, 0.15) is 24.2 Å². The highest BCUT2D eigenvalue weighted by Crippen LogP contribution is 2.30. The van der Waals surface area contributed by atoms with Crippen LogP contribution in [-0.4, -0.2) is 17.6 Å². The Morgan fingerprint density at radius 2 is 1.88 bits per heavy atom. The van der Waals surface area contributed by atoms with Crippen LogP contribution in [0.2, 0.25) is 10.0 Å². The smallest absolute Gasteiger partial charge is 0.261 e. The van der Waals surface area contributed by atoms with Gasteiger partial charge in [0.05, 0.1) is 27.9 Å². The van der Waals surface area contributed by atoms with Crippen molar-refractivity contribution in [1.82, 2.24) is 5.32 Å². The molecule has 138 valence electrons. The summed E-state index contributed by atoms with van der Waals surface area (Å²) in [4.78, 5) is 12.6. The maximum Gasteiger partial charge on any atom is 0.261 e. The van der Waals surface area contributed by atoms with Crippen LogP contribution in [0.5, 0.6) is 5.75 Å². The van der Waals surface area contributed by atoms with Crippen molar-refractivity contribution in [1.29, 1.82) is 0 Å². The summed E-state index contributed by atoms with van der Waals surface area (Å²) in [5.41, 5.74) is 0.807. The van der Waals surface area contributed by atoms with E-state index >= 15 is 0 Å². The molecule has 8 heteroatoms. The molecule has 0 aliphatic rings. The Balaban J connectivity index is 2.14. The molecule has 0 heterocycles. The van der Waals surface area contributed by atoms with Crippen molar-refractivity contribution in [3.63, 3.8) is 0 Å². The third kappa shape index (κ3) is 5.84. The highest BCUT2D eigenvalue weighted by molar-refractivity contribution is 9.10. The van der Waals surface area contributed by atoms with Crippen LogP contribution in [-0.2, 0) is 0 Å². The van der Waals surface area contributed by atoms with Crippen LogP contribution in [0.4, 0.5) is 5.69 Å². The number of hydrogen-bond acceptors (Lipinski definition) is 3. The van der Waals surface area contributed by atoms with Gasteiger partial charge in [0.2, 0.25) is 0 Å². The fourth-order valence-corrected chi connectivity index (χ4v) is 3.04. The number of carbonyl (C=O) groups is 1. The van der Waals surface area contributed by atoms with E-state index in [9.17, 15) is 4.79 Å². The number of anilines is 1. The van der Waals surface area contributed by atoms with Gasteiger partial charge in [-0.05, 0) is 48.5 Å². The number of para-hydroxylation sites is 1. The maximum atomic E-state index is 12.6. The second kappa shape index (κ2) is 9.55. The van der Waals surface area contributed by atoms with Gasteiger partial charge in [-0.1, -0.05) is 59.0 Å². The molecule has 0 unspecified atom stereocenters. The largest absolute Gasteiger partial charge is 0.492 e. The topological polar surface area (TPSA) is 50.4 Å². The zero-order valence-corrected chi connectivity index (χ0v) is 18.0. The molecule has 0 spiro atoms. The van der Waals surface area contributed by atoms with E-state index in [1.54, 1.807) is 30.3 Å². The Morgan fingerprint density at radius 1 is 1.23 bits per heavy atom. The maximum absolute atomic E-state index is 12.6. The first-order valence-corrected chi connectivity index (χ1v) is 9.72. The molecular weight excluding hydrogens is 459 g/mol. The van der Waals surface area contributed by atoms with Crippen LogP contribution in [0.25, 0.3) is 0 Å². The molecule has 0 bridgehead atoms. The van der Waals surface area contributed by atoms with Gasteiger partial charge in [-0.15, -0.1) is 0 Å². The summed E-state index contributed by atoms with van der Waals surface area (Å²) in [7, 11) is 0. The minimum Gasteiger partial charge on any atom is -0.492 e. The molecule has 0 aliphatic carbocycles. The number of hydrogen-bond donors (Lipinski definition) is 2. The summed E-state index contributed by atoms with van der Waals surface area (Å²) in [6.45, 7) is 4.57. The molecule has 0 aromatic heterocycles. The number of benzene rings is 2. The lowest BCUT2D eigenvalue weighted by Gasteiger charge is -2.15. The average molecular weight is 476 g/mol. The summed E-state index contributed by atoms with van der Waals surface area (Å²) in [6, 6.07) is 10.3. The van der Waals surface area contributed by atoms with Crippen molar-refractivity contribution in [3.05, 3.63) is 56.5 Å². The van der Waals surface area contributed by atoms with Crippen LogP contribution in [0.15, 0.2) is 40.9 Å². The van der Waals surface area contributed by atoms with Gasteiger partial charge in [-0.25, -0.2) is 0 Å². The van der Waals surface area contributed by atoms with Gasteiger partial charge in [0.15, 0.2) is 5.11 Å². The third-order valence-corrected chi connectivity index (χ3v) is 4.51. The first-order chi connectivity index (χ1) is 12.3. The summed E-state index contributed by atoms with van der Waals surface area (Å²) in [5, 5.41) is 6.35. The number of nitrogens with one attached hydrogen (secondary N) is 2. The number of ether oxygens (including phenoxy) is 1. The predicted octanol–water partition coefficient (Wildman–Crippen LogP) is 5.92. The highest BCUT2D eigenvalue weighted by atomic mass is 79.9. The van der Waals surface area contributed by atoms with Gasteiger partial charge in [0.25, 0.3) is 5.91 Å². The molecule has 1 amide bonds. The first-order valence-electron chi connectivity index (χ1n) is 7.76. The van der Waals surface area contributed by atoms with E-state index < -0.39 is 5.91 Å². The first kappa shape index (κ1) is 21.0. The quantitative estimate of drug-likeness (QED) is 0.527. The molecule has 2 aromatic rings. The molecule has 26 heavy (non-hydrogen) atoms. The van der Waals surface area contributed by atoms with Gasteiger partial charge in [0.1, 0.15) is 5.75 Å². The molecule has 0 saturated carbocycles. The van der Waals surface area contributed by atoms with E-state index in [0.29, 0.717) is 39.6 Å². The fraction of sp³-hybridized carbons (Fsp3) is 0.222. The Labute approximate surface area is 176 Å². The number of halogens is 3.